The van der Waals surface area contributed by atoms with Crippen LogP contribution in [0.2, 0.25) is 18.1 Å². The van der Waals surface area contributed by atoms with Crippen molar-refractivity contribution in [2.45, 2.75) is 77.7 Å². The third-order valence-electron chi connectivity index (χ3n) is 4.83. The van der Waals surface area contributed by atoms with Crippen LogP contribution >= 0.6 is 0 Å². The van der Waals surface area contributed by atoms with Gasteiger partial charge in [-0.05, 0) is 51.9 Å². The molecule has 0 aromatic heterocycles. The number of ether oxygens (including phenoxy) is 1. The third-order valence-corrected chi connectivity index (χ3v) is 9.33. The second-order valence-corrected chi connectivity index (χ2v) is 14.0. The van der Waals surface area contributed by atoms with Crippen molar-refractivity contribution >= 4 is 14.4 Å². The number of hydrogen-bond acceptors (Lipinski definition) is 5. The fourth-order valence-electron chi connectivity index (χ4n) is 2.28. The molecule has 0 aliphatic carbocycles. The Kier molecular flexibility index (Phi) is 7.28. The fourth-order valence-corrected chi connectivity index (χ4v) is 3.34. The summed E-state index contributed by atoms with van der Waals surface area (Å²) in [5.41, 5.74) is 5.33. The monoisotopic (exact) mass is 359 g/mol. The summed E-state index contributed by atoms with van der Waals surface area (Å²) in [7, 11) is -1.76. The number of piperidine rings is 1. The number of carbonyl (C=O) groups excluding carboxylic acids is 1. The van der Waals surface area contributed by atoms with Crippen LogP contribution in [0.1, 0.15) is 48.0 Å². The first kappa shape index (κ1) is 21.4. The Bertz CT molecular complexity index is 416. The Labute approximate surface area is 148 Å². The minimum atomic E-state index is -1.76. The lowest BCUT2D eigenvalue weighted by molar-refractivity contribution is 0.0463. The van der Waals surface area contributed by atoms with Crippen LogP contribution in [0, 0.1) is 5.92 Å². The van der Waals surface area contributed by atoms with Gasteiger partial charge in [0.25, 0.3) is 0 Å². The number of amides is 1. The molecule has 1 fully saturated rings. The normalized spacial score (nSPS) is 23.0. The summed E-state index contributed by atoms with van der Waals surface area (Å²) in [4.78, 5) is 11.8. The van der Waals surface area contributed by atoms with Crippen LogP contribution in [-0.2, 0) is 9.16 Å². The number of hydrazine groups is 1. The molecule has 1 aliphatic rings. The Morgan fingerprint density at radius 2 is 1.83 bits per heavy atom. The highest BCUT2D eigenvalue weighted by Crippen LogP contribution is 2.37. The lowest BCUT2D eigenvalue weighted by Crippen LogP contribution is -2.56. The van der Waals surface area contributed by atoms with Crippen LogP contribution in [0.15, 0.2) is 0 Å². The molecular formula is C17H37N3O3Si. The first-order valence-corrected chi connectivity index (χ1v) is 11.8. The van der Waals surface area contributed by atoms with Gasteiger partial charge in [-0.15, -0.1) is 0 Å². The minimum absolute atomic E-state index is 0.184. The van der Waals surface area contributed by atoms with Crippen LogP contribution in [0.3, 0.4) is 0 Å². The lowest BCUT2D eigenvalue weighted by atomic mass is 9.95. The van der Waals surface area contributed by atoms with Gasteiger partial charge in [-0.1, -0.05) is 20.8 Å². The summed E-state index contributed by atoms with van der Waals surface area (Å²) in [5, 5.41) is 3.62. The molecule has 0 radical (unpaired) electrons. The lowest BCUT2D eigenvalue weighted by Gasteiger charge is -2.39. The second-order valence-electron chi connectivity index (χ2n) is 9.20. The molecule has 24 heavy (non-hydrogen) atoms. The van der Waals surface area contributed by atoms with Crippen molar-refractivity contribution in [1.82, 2.24) is 16.2 Å². The van der Waals surface area contributed by atoms with Crippen LogP contribution in [0.25, 0.3) is 0 Å². The van der Waals surface area contributed by atoms with Crippen molar-refractivity contribution in [1.29, 1.82) is 0 Å². The topological polar surface area (TPSA) is 71.6 Å². The maximum Gasteiger partial charge on any atom is 0.422 e. The molecule has 142 valence electrons. The SMILES string of the molecule is CC(C)(C)OC(=O)NNC1CCNCC1CO[Si](C)(C)C(C)(C)C. The molecule has 0 aromatic rings. The summed E-state index contributed by atoms with van der Waals surface area (Å²) >= 11 is 0. The molecule has 1 aliphatic heterocycles. The molecule has 0 aromatic carbocycles. The average molecular weight is 360 g/mol. The van der Waals surface area contributed by atoms with E-state index in [9.17, 15) is 4.79 Å². The van der Waals surface area contributed by atoms with E-state index in [-0.39, 0.29) is 11.1 Å². The maximum atomic E-state index is 11.8. The summed E-state index contributed by atoms with van der Waals surface area (Å²) in [6.07, 6.45) is 0.506. The van der Waals surface area contributed by atoms with Gasteiger partial charge in [-0.25, -0.2) is 10.2 Å². The van der Waals surface area contributed by atoms with Gasteiger partial charge in [0, 0.05) is 25.1 Å². The predicted octanol–water partition coefficient (Wildman–Crippen LogP) is 3.02. The standard InChI is InChI=1S/C17H37N3O3Si/c1-16(2,3)23-15(21)20-19-14-9-10-18-11-13(14)12-22-24(7,8)17(4,5)6/h13-14,18-19H,9-12H2,1-8H3,(H,20,21). The van der Waals surface area contributed by atoms with Gasteiger partial charge in [-0.2, -0.15) is 0 Å². The van der Waals surface area contributed by atoms with Gasteiger partial charge in [0.15, 0.2) is 8.32 Å². The van der Waals surface area contributed by atoms with Crippen molar-refractivity contribution in [3.8, 4) is 0 Å². The highest BCUT2D eigenvalue weighted by molar-refractivity contribution is 6.74. The van der Waals surface area contributed by atoms with Crippen LogP contribution in [-0.4, -0.2) is 45.7 Å². The van der Waals surface area contributed by atoms with E-state index in [0.29, 0.717) is 12.5 Å². The maximum absolute atomic E-state index is 11.8. The zero-order valence-electron chi connectivity index (χ0n) is 16.7. The number of hydrogen-bond donors (Lipinski definition) is 3. The van der Waals surface area contributed by atoms with E-state index in [1.165, 1.54) is 0 Å². The van der Waals surface area contributed by atoms with Crippen LogP contribution in [0.5, 0.6) is 0 Å². The molecule has 2 atom stereocenters. The van der Waals surface area contributed by atoms with E-state index >= 15 is 0 Å². The molecule has 0 saturated carbocycles. The zero-order valence-corrected chi connectivity index (χ0v) is 17.7. The van der Waals surface area contributed by atoms with Gasteiger partial charge in [0.1, 0.15) is 5.60 Å². The smallest absolute Gasteiger partial charge is 0.422 e. The van der Waals surface area contributed by atoms with E-state index in [2.05, 4.69) is 50.0 Å². The number of nitrogens with one attached hydrogen (secondary N) is 3. The summed E-state index contributed by atoms with van der Waals surface area (Å²) in [6, 6.07) is 0.184. The fraction of sp³-hybridized carbons (Fsp3) is 0.941. The van der Waals surface area contributed by atoms with E-state index < -0.39 is 20.0 Å². The largest absolute Gasteiger partial charge is 0.443 e. The van der Waals surface area contributed by atoms with Crippen molar-refractivity contribution in [2.24, 2.45) is 5.92 Å². The van der Waals surface area contributed by atoms with Crippen molar-refractivity contribution in [2.75, 3.05) is 19.7 Å². The quantitative estimate of drug-likeness (QED) is 0.520. The molecule has 0 spiro atoms. The minimum Gasteiger partial charge on any atom is -0.443 e. The van der Waals surface area contributed by atoms with Gasteiger partial charge >= 0.3 is 6.09 Å². The highest BCUT2D eigenvalue weighted by atomic mass is 28.4. The average Bonchev–Trinajstić information content (AvgIpc) is 2.40. The Morgan fingerprint density at radius 3 is 2.38 bits per heavy atom. The third kappa shape index (κ3) is 7.09. The number of rotatable bonds is 5. The molecule has 3 N–H and O–H groups in total. The molecule has 1 rings (SSSR count). The molecule has 1 saturated heterocycles. The summed E-state index contributed by atoms with van der Waals surface area (Å²) in [5.74, 6) is 0.322. The van der Waals surface area contributed by atoms with Gasteiger partial charge in [0.2, 0.25) is 0 Å². The first-order valence-electron chi connectivity index (χ1n) is 8.91. The molecule has 7 heteroatoms. The molecule has 2 unspecified atom stereocenters. The Morgan fingerprint density at radius 1 is 1.21 bits per heavy atom. The Hall–Kier alpha value is -0.633. The zero-order chi connectivity index (χ0) is 18.6. The highest BCUT2D eigenvalue weighted by Gasteiger charge is 2.38. The van der Waals surface area contributed by atoms with Gasteiger partial charge in [0.05, 0.1) is 0 Å². The van der Waals surface area contributed by atoms with E-state index in [1.54, 1.807) is 0 Å². The van der Waals surface area contributed by atoms with Crippen molar-refractivity contribution < 1.29 is 14.0 Å². The van der Waals surface area contributed by atoms with Crippen molar-refractivity contribution in [3.63, 3.8) is 0 Å². The van der Waals surface area contributed by atoms with Crippen molar-refractivity contribution in [3.05, 3.63) is 0 Å². The molecule has 0 bridgehead atoms. The molecule has 6 nitrogen and oxygen atoms in total. The molecular weight excluding hydrogens is 322 g/mol. The van der Waals surface area contributed by atoms with E-state index in [4.69, 9.17) is 9.16 Å². The van der Waals surface area contributed by atoms with Gasteiger partial charge < -0.3 is 14.5 Å². The molecule has 1 amide bonds. The molecule has 1 heterocycles. The van der Waals surface area contributed by atoms with Crippen LogP contribution < -0.4 is 16.2 Å². The second kappa shape index (κ2) is 8.16. The number of carbonyl (C=O) groups is 1. The summed E-state index contributed by atoms with van der Waals surface area (Å²) < 4.78 is 11.6. The Balaban J connectivity index is 2.52. The van der Waals surface area contributed by atoms with Crippen LogP contribution in [0.4, 0.5) is 4.79 Å². The summed E-state index contributed by atoms with van der Waals surface area (Å²) in [6.45, 7) is 19.4. The van der Waals surface area contributed by atoms with E-state index in [0.717, 1.165) is 19.5 Å². The first-order chi connectivity index (χ1) is 10.8. The predicted molar refractivity (Wildman–Crippen MR) is 100 cm³/mol. The van der Waals surface area contributed by atoms with Gasteiger partial charge in [-0.3, -0.25) is 5.43 Å². The van der Waals surface area contributed by atoms with E-state index in [1.807, 2.05) is 20.8 Å².